The number of hydrogen-bond donors (Lipinski definition) is 0. The molecule has 2 fully saturated rings. The molecule has 2 aromatic carbocycles. The van der Waals surface area contributed by atoms with Crippen LogP contribution in [-0.4, -0.2) is 42.1 Å². The molecule has 1 amide bonds. The van der Waals surface area contributed by atoms with Crippen LogP contribution in [-0.2, 0) is 27.3 Å². The van der Waals surface area contributed by atoms with E-state index in [1.165, 1.54) is 6.07 Å². The van der Waals surface area contributed by atoms with Crippen LogP contribution in [0.1, 0.15) is 24.0 Å². The fourth-order valence-corrected chi connectivity index (χ4v) is 4.29. The van der Waals surface area contributed by atoms with E-state index < -0.39 is 17.7 Å². The van der Waals surface area contributed by atoms with E-state index in [9.17, 15) is 18.4 Å². The van der Waals surface area contributed by atoms with Crippen molar-refractivity contribution in [1.29, 1.82) is 0 Å². The Balaban J connectivity index is 1.40. The minimum absolute atomic E-state index is 0.172. The molecular formula is C23H23F2NO4. The van der Waals surface area contributed by atoms with Crippen molar-refractivity contribution in [3.05, 3.63) is 71.3 Å². The number of hydrogen-bond acceptors (Lipinski definition) is 4. The van der Waals surface area contributed by atoms with Gasteiger partial charge in [0.05, 0.1) is 25.3 Å². The zero-order valence-electron chi connectivity index (χ0n) is 16.4. The number of ether oxygens (including phenoxy) is 2. The highest BCUT2D eigenvalue weighted by Crippen LogP contribution is 2.33. The first kappa shape index (κ1) is 20.5. The Morgan fingerprint density at radius 3 is 2.23 bits per heavy atom. The van der Waals surface area contributed by atoms with Crippen molar-refractivity contribution in [1.82, 2.24) is 4.90 Å². The van der Waals surface area contributed by atoms with Gasteiger partial charge in [0.2, 0.25) is 0 Å². The maximum atomic E-state index is 13.9. The number of nitrogens with zero attached hydrogens (tertiary/aromatic N) is 1. The van der Waals surface area contributed by atoms with Crippen LogP contribution >= 0.6 is 0 Å². The predicted octanol–water partition coefficient (Wildman–Crippen LogP) is 3.89. The van der Waals surface area contributed by atoms with E-state index in [-0.39, 0.29) is 42.4 Å². The van der Waals surface area contributed by atoms with Crippen molar-refractivity contribution in [3.63, 3.8) is 0 Å². The fourth-order valence-electron chi connectivity index (χ4n) is 4.29. The van der Waals surface area contributed by atoms with E-state index in [0.29, 0.717) is 26.1 Å². The Bertz CT molecular complexity index is 886. The van der Waals surface area contributed by atoms with Gasteiger partial charge in [0.15, 0.2) is 0 Å². The van der Waals surface area contributed by atoms with Gasteiger partial charge in [0, 0.05) is 17.9 Å². The molecule has 4 rings (SSSR count). The molecule has 2 heterocycles. The van der Waals surface area contributed by atoms with Crippen LogP contribution < -0.4 is 0 Å². The van der Waals surface area contributed by atoms with Gasteiger partial charge < -0.3 is 9.47 Å². The molecule has 7 heteroatoms. The topological polar surface area (TPSA) is 55.8 Å². The average molecular weight is 415 g/mol. The summed E-state index contributed by atoms with van der Waals surface area (Å²) in [5, 5.41) is 0. The van der Waals surface area contributed by atoms with Gasteiger partial charge in [-0.2, -0.15) is 0 Å². The summed E-state index contributed by atoms with van der Waals surface area (Å²) in [5.41, 5.74) is 0.692. The number of morpholine rings is 1. The highest BCUT2D eigenvalue weighted by Gasteiger charge is 2.44. The summed E-state index contributed by atoms with van der Waals surface area (Å²) >= 11 is 0. The Labute approximate surface area is 173 Å². The normalized spacial score (nSPS) is 23.1. The van der Waals surface area contributed by atoms with Gasteiger partial charge in [-0.25, -0.2) is 13.6 Å². The summed E-state index contributed by atoms with van der Waals surface area (Å²) in [5.74, 6) is -2.02. The van der Waals surface area contributed by atoms with Crippen molar-refractivity contribution < 1.29 is 27.8 Å². The molecule has 30 heavy (non-hydrogen) atoms. The lowest BCUT2D eigenvalue weighted by Crippen LogP contribution is -2.60. The summed E-state index contributed by atoms with van der Waals surface area (Å²) in [6.45, 7) is 0.801. The van der Waals surface area contributed by atoms with Crippen LogP contribution in [0.15, 0.2) is 48.5 Å². The average Bonchev–Trinajstić information content (AvgIpc) is 2.74. The lowest BCUT2D eigenvalue weighted by molar-refractivity contribution is -0.130. The molecule has 2 atom stereocenters. The van der Waals surface area contributed by atoms with Crippen molar-refractivity contribution in [2.24, 2.45) is 5.92 Å². The fraction of sp³-hybridized carbons (Fsp3) is 0.391. The number of benzene rings is 2. The van der Waals surface area contributed by atoms with Crippen LogP contribution in [0, 0.1) is 17.6 Å². The van der Waals surface area contributed by atoms with Gasteiger partial charge in [-0.1, -0.05) is 36.4 Å². The molecule has 0 N–H and O–H groups in total. The summed E-state index contributed by atoms with van der Waals surface area (Å²) in [6, 6.07) is 12.4. The van der Waals surface area contributed by atoms with E-state index in [0.717, 1.165) is 17.7 Å². The number of rotatable bonds is 5. The van der Waals surface area contributed by atoms with Crippen molar-refractivity contribution >= 4 is 11.9 Å². The first-order valence-electron chi connectivity index (χ1n) is 10.0. The molecule has 2 aliphatic rings. The SMILES string of the molecule is O=C(Cc1c(F)cccc1F)C1CC2COCC(C1)N2C(=O)OCc1ccccc1. The number of carbonyl (C=O) groups excluding carboxylic acids is 2. The Morgan fingerprint density at radius 2 is 1.60 bits per heavy atom. The molecular weight excluding hydrogens is 392 g/mol. The molecule has 0 radical (unpaired) electrons. The number of amides is 1. The van der Waals surface area contributed by atoms with E-state index in [2.05, 4.69) is 0 Å². The molecule has 158 valence electrons. The molecule has 2 saturated heterocycles. The van der Waals surface area contributed by atoms with Crippen LogP contribution in [0.4, 0.5) is 13.6 Å². The maximum Gasteiger partial charge on any atom is 0.410 e. The number of ketones is 1. The number of Topliss-reactive ketones (excluding diaryl/α,β-unsaturated/α-hetero) is 1. The summed E-state index contributed by atoms with van der Waals surface area (Å²) in [6.07, 6.45) is 0.0720. The third-order valence-electron chi connectivity index (χ3n) is 5.80. The molecule has 0 saturated carbocycles. The van der Waals surface area contributed by atoms with Crippen molar-refractivity contribution in [3.8, 4) is 0 Å². The van der Waals surface area contributed by atoms with Crippen molar-refractivity contribution in [2.75, 3.05) is 13.2 Å². The van der Waals surface area contributed by atoms with Gasteiger partial charge >= 0.3 is 6.09 Å². The lowest BCUT2D eigenvalue weighted by atomic mass is 9.81. The van der Waals surface area contributed by atoms with E-state index >= 15 is 0 Å². The van der Waals surface area contributed by atoms with E-state index in [1.807, 2.05) is 30.3 Å². The lowest BCUT2D eigenvalue weighted by Gasteiger charge is -2.47. The van der Waals surface area contributed by atoms with E-state index in [4.69, 9.17) is 9.47 Å². The van der Waals surface area contributed by atoms with Gasteiger partial charge in [0.25, 0.3) is 0 Å². The monoisotopic (exact) mass is 415 g/mol. The second-order valence-corrected chi connectivity index (χ2v) is 7.80. The zero-order chi connectivity index (χ0) is 21.1. The van der Waals surface area contributed by atoms with Crippen LogP contribution in [0.5, 0.6) is 0 Å². The van der Waals surface area contributed by atoms with Crippen molar-refractivity contribution in [2.45, 2.75) is 38.0 Å². The van der Waals surface area contributed by atoms with E-state index in [1.54, 1.807) is 4.90 Å². The quantitative estimate of drug-likeness (QED) is 0.744. The second kappa shape index (κ2) is 8.92. The summed E-state index contributed by atoms with van der Waals surface area (Å²) < 4.78 is 38.9. The molecule has 2 aromatic rings. The Hall–Kier alpha value is -2.80. The second-order valence-electron chi connectivity index (χ2n) is 7.80. The maximum absolute atomic E-state index is 13.9. The highest BCUT2D eigenvalue weighted by molar-refractivity contribution is 5.84. The Kier molecular flexibility index (Phi) is 6.08. The molecule has 5 nitrogen and oxygen atoms in total. The van der Waals surface area contributed by atoms with Gasteiger partial charge in [-0.05, 0) is 30.5 Å². The van der Waals surface area contributed by atoms with Gasteiger partial charge in [-0.15, -0.1) is 0 Å². The van der Waals surface area contributed by atoms with Crippen LogP contribution in [0.25, 0.3) is 0 Å². The standard InChI is InChI=1S/C23H23F2NO4/c24-20-7-4-8-21(25)19(20)11-22(27)16-9-17-13-29-14-18(10-16)26(17)23(28)30-12-15-5-2-1-3-6-15/h1-8,16-18H,9-14H2. The third kappa shape index (κ3) is 4.36. The molecule has 0 aromatic heterocycles. The van der Waals surface area contributed by atoms with Crippen LogP contribution in [0.3, 0.4) is 0 Å². The molecule has 2 bridgehead atoms. The summed E-state index contributed by atoms with van der Waals surface area (Å²) in [7, 11) is 0. The zero-order valence-corrected chi connectivity index (χ0v) is 16.4. The Morgan fingerprint density at radius 1 is 0.967 bits per heavy atom. The number of halogens is 2. The highest BCUT2D eigenvalue weighted by atomic mass is 19.1. The number of fused-ring (bicyclic) bond motifs is 2. The first-order chi connectivity index (χ1) is 14.5. The molecule has 0 spiro atoms. The first-order valence-corrected chi connectivity index (χ1v) is 10.0. The summed E-state index contributed by atoms with van der Waals surface area (Å²) in [4.78, 5) is 27.2. The van der Waals surface area contributed by atoms with Gasteiger partial charge in [-0.3, -0.25) is 9.69 Å². The smallest absolute Gasteiger partial charge is 0.410 e. The largest absolute Gasteiger partial charge is 0.445 e. The minimum Gasteiger partial charge on any atom is -0.445 e. The van der Waals surface area contributed by atoms with Crippen LogP contribution in [0.2, 0.25) is 0 Å². The minimum atomic E-state index is -0.714. The predicted molar refractivity (Wildman–Crippen MR) is 105 cm³/mol. The third-order valence-corrected chi connectivity index (χ3v) is 5.80. The molecule has 2 aliphatic heterocycles. The molecule has 0 aliphatic carbocycles. The number of carbonyl (C=O) groups is 2. The molecule has 2 unspecified atom stereocenters. The number of piperidine rings is 1. The van der Waals surface area contributed by atoms with Gasteiger partial charge in [0.1, 0.15) is 24.0 Å².